The van der Waals surface area contributed by atoms with Crippen LogP contribution in [0.1, 0.15) is 11.1 Å². The van der Waals surface area contributed by atoms with Crippen LogP contribution in [0.3, 0.4) is 0 Å². The smallest absolute Gasteiger partial charge is 0.0608 e. The lowest BCUT2D eigenvalue weighted by Gasteiger charge is -2.25. The topological polar surface area (TPSA) is 35.2 Å². The van der Waals surface area contributed by atoms with Crippen LogP contribution in [0.15, 0.2) is 24.3 Å². The lowest BCUT2D eigenvalue weighted by atomic mass is 10.1. The predicted molar refractivity (Wildman–Crippen MR) is 68.3 cm³/mol. The van der Waals surface area contributed by atoms with Gasteiger partial charge in [0.25, 0.3) is 0 Å². The summed E-state index contributed by atoms with van der Waals surface area (Å²) in [6.45, 7) is 2.20. The van der Waals surface area contributed by atoms with Crippen molar-refractivity contribution in [3.8, 4) is 11.8 Å². The average molecular weight is 233 g/mol. The molecule has 1 aliphatic heterocycles. The first-order valence-electron chi connectivity index (χ1n) is 5.36. The number of ether oxygens (including phenoxy) is 1. The van der Waals surface area contributed by atoms with E-state index >= 15 is 0 Å². The summed E-state index contributed by atoms with van der Waals surface area (Å²) in [6.07, 6.45) is 0. The van der Waals surface area contributed by atoms with Crippen LogP contribution in [-0.4, -0.2) is 25.0 Å². The maximum atomic E-state index is 5.38. The summed E-state index contributed by atoms with van der Waals surface area (Å²) in [5.41, 5.74) is 7.77. The van der Waals surface area contributed by atoms with Gasteiger partial charge in [0, 0.05) is 11.3 Å². The van der Waals surface area contributed by atoms with E-state index in [1.807, 2.05) is 17.8 Å². The van der Waals surface area contributed by atoms with Gasteiger partial charge in [0.05, 0.1) is 25.0 Å². The molecule has 1 aliphatic rings. The van der Waals surface area contributed by atoms with Gasteiger partial charge >= 0.3 is 0 Å². The Labute approximate surface area is 101 Å². The normalized spacial score (nSPS) is 15.1. The lowest BCUT2D eigenvalue weighted by Crippen LogP contribution is -2.30. The number of hydrogen-bond acceptors (Lipinski definition) is 3. The molecule has 1 aromatic rings. The maximum absolute atomic E-state index is 5.38. The van der Waals surface area contributed by atoms with E-state index in [2.05, 4.69) is 30.0 Å². The molecule has 0 aliphatic carbocycles. The van der Waals surface area contributed by atoms with Crippen molar-refractivity contribution >= 4 is 11.8 Å². The maximum Gasteiger partial charge on any atom is 0.0608 e. The third kappa shape index (κ3) is 3.02. The third-order valence-corrected chi connectivity index (χ3v) is 3.65. The van der Waals surface area contributed by atoms with Gasteiger partial charge in [0.1, 0.15) is 0 Å². The van der Waals surface area contributed by atoms with E-state index in [-0.39, 0.29) is 0 Å². The summed E-state index contributed by atoms with van der Waals surface area (Å²) in [4.78, 5) is 0. The van der Waals surface area contributed by atoms with Crippen LogP contribution in [0.2, 0.25) is 0 Å². The summed E-state index contributed by atoms with van der Waals surface area (Å²) in [5, 5.41) is 0.663. The highest BCUT2D eigenvalue weighted by Gasteiger charge is 2.18. The van der Waals surface area contributed by atoms with E-state index in [0.717, 1.165) is 24.5 Å². The Kier molecular flexibility index (Phi) is 4.29. The van der Waals surface area contributed by atoms with Crippen LogP contribution in [0, 0.1) is 11.8 Å². The van der Waals surface area contributed by atoms with Gasteiger partial charge in [-0.3, -0.25) is 0 Å². The molecule has 2 rings (SSSR count). The SMILES string of the molecule is NCC#Cc1ccccc1CSC1COC1. The van der Waals surface area contributed by atoms with Gasteiger partial charge in [-0.25, -0.2) is 0 Å². The molecule has 2 N–H and O–H groups in total. The van der Waals surface area contributed by atoms with Crippen molar-refractivity contribution in [1.29, 1.82) is 0 Å². The zero-order chi connectivity index (χ0) is 11.2. The third-order valence-electron chi connectivity index (χ3n) is 2.42. The molecule has 0 spiro atoms. The van der Waals surface area contributed by atoms with Crippen molar-refractivity contribution in [2.24, 2.45) is 5.73 Å². The van der Waals surface area contributed by atoms with E-state index in [1.165, 1.54) is 5.56 Å². The first-order valence-corrected chi connectivity index (χ1v) is 6.41. The van der Waals surface area contributed by atoms with Crippen LogP contribution in [-0.2, 0) is 10.5 Å². The Bertz CT molecular complexity index is 404. The van der Waals surface area contributed by atoms with Gasteiger partial charge in [-0.05, 0) is 11.6 Å². The van der Waals surface area contributed by atoms with Crippen molar-refractivity contribution in [2.45, 2.75) is 11.0 Å². The van der Waals surface area contributed by atoms with Crippen molar-refractivity contribution in [1.82, 2.24) is 0 Å². The predicted octanol–water partition coefficient (Wildman–Crippen LogP) is 1.63. The van der Waals surface area contributed by atoms with E-state index in [1.54, 1.807) is 0 Å². The second-order valence-corrected chi connectivity index (χ2v) is 4.92. The number of hydrogen-bond donors (Lipinski definition) is 1. The van der Waals surface area contributed by atoms with Crippen molar-refractivity contribution in [3.63, 3.8) is 0 Å². The molecule has 0 amide bonds. The minimum Gasteiger partial charge on any atom is -0.379 e. The molecule has 0 aromatic heterocycles. The van der Waals surface area contributed by atoms with Gasteiger partial charge in [-0.2, -0.15) is 0 Å². The Morgan fingerprint density at radius 2 is 2.19 bits per heavy atom. The molecule has 1 aromatic carbocycles. The molecular formula is C13H15NOS. The van der Waals surface area contributed by atoms with Gasteiger partial charge in [0.15, 0.2) is 0 Å². The van der Waals surface area contributed by atoms with E-state index in [9.17, 15) is 0 Å². The van der Waals surface area contributed by atoms with Crippen LogP contribution in [0.5, 0.6) is 0 Å². The highest BCUT2D eigenvalue weighted by molar-refractivity contribution is 7.99. The molecule has 2 nitrogen and oxygen atoms in total. The van der Waals surface area contributed by atoms with E-state index < -0.39 is 0 Å². The number of nitrogens with two attached hydrogens (primary N) is 1. The van der Waals surface area contributed by atoms with Crippen molar-refractivity contribution in [2.75, 3.05) is 19.8 Å². The first-order chi connectivity index (χ1) is 7.90. The summed E-state index contributed by atoms with van der Waals surface area (Å²) in [5.74, 6) is 7.02. The Hall–Kier alpha value is -0.950. The first kappa shape index (κ1) is 11.5. The highest BCUT2D eigenvalue weighted by atomic mass is 32.2. The average Bonchev–Trinajstić information content (AvgIpc) is 2.26. The number of benzene rings is 1. The lowest BCUT2D eigenvalue weighted by molar-refractivity contribution is 0.0455. The van der Waals surface area contributed by atoms with Gasteiger partial charge in [-0.15, -0.1) is 11.8 Å². The zero-order valence-electron chi connectivity index (χ0n) is 9.11. The fourth-order valence-electron chi connectivity index (χ4n) is 1.43. The summed E-state index contributed by atoms with van der Waals surface area (Å²) in [7, 11) is 0. The molecule has 3 heteroatoms. The molecule has 84 valence electrons. The number of thioether (sulfide) groups is 1. The fourth-order valence-corrected chi connectivity index (χ4v) is 2.48. The number of rotatable bonds is 3. The quantitative estimate of drug-likeness (QED) is 0.806. The summed E-state index contributed by atoms with van der Waals surface area (Å²) < 4.78 is 5.15. The molecule has 1 saturated heterocycles. The highest BCUT2D eigenvalue weighted by Crippen LogP contribution is 2.24. The molecule has 0 bridgehead atoms. The second kappa shape index (κ2) is 5.95. The van der Waals surface area contributed by atoms with Gasteiger partial charge < -0.3 is 10.5 Å². The molecule has 0 atom stereocenters. The molecule has 16 heavy (non-hydrogen) atoms. The molecular weight excluding hydrogens is 218 g/mol. The molecule has 1 fully saturated rings. The largest absolute Gasteiger partial charge is 0.379 e. The summed E-state index contributed by atoms with van der Waals surface area (Å²) >= 11 is 1.94. The Morgan fingerprint density at radius 3 is 2.88 bits per heavy atom. The van der Waals surface area contributed by atoms with Gasteiger partial charge in [-0.1, -0.05) is 30.0 Å². The zero-order valence-corrected chi connectivity index (χ0v) is 9.93. The van der Waals surface area contributed by atoms with Crippen LogP contribution in [0.25, 0.3) is 0 Å². The van der Waals surface area contributed by atoms with Crippen molar-refractivity contribution < 1.29 is 4.74 Å². The molecule has 0 saturated carbocycles. The molecule has 0 radical (unpaired) electrons. The minimum absolute atomic E-state index is 0.415. The standard InChI is InChI=1S/C13H15NOS/c14-7-3-6-11-4-1-2-5-12(11)10-16-13-8-15-9-13/h1-2,4-5,13H,7-10,14H2. The van der Waals surface area contributed by atoms with Crippen molar-refractivity contribution in [3.05, 3.63) is 35.4 Å². The fraction of sp³-hybridized carbons (Fsp3) is 0.385. The van der Waals surface area contributed by atoms with E-state index in [0.29, 0.717) is 11.8 Å². The van der Waals surface area contributed by atoms with E-state index in [4.69, 9.17) is 10.5 Å². The monoisotopic (exact) mass is 233 g/mol. The molecule has 0 unspecified atom stereocenters. The summed E-state index contributed by atoms with van der Waals surface area (Å²) in [6, 6.07) is 8.25. The van der Waals surface area contributed by atoms with Crippen LogP contribution >= 0.6 is 11.8 Å². The minimum atomic E-state index is 0.415. The Morgan fingerprint density at radius 1 is 1.38 bits per heavy atom. The van der Waals surface area contributed by atoms with Crippen LogP contribution < -0.4 is 5.73 Å². The molecule has 1 heterocycles. The van der Waals surface area contributed by atoms with Gasteiger partial charge in [0.2, 0.25) is 0 Å². The second-order valence-electron chi connectivity index (χ2n) is 3.63. The Balaban J connectivity index is 2.00. The van der Waals surface area contributed by atoms with Crippen LogP contribution in [0.4, 0.5) is 0 Å².